The lowest BCUT2D eigenvalue weighted by Crippen LogP contribution is -2.66. The molecular weight excluding hydrogens is 492 g/mol. The lowest BCUT2D eigenvalue weighted by Gasteiger charge is -2.43. The van der Waals surface area contributed by atoms with Gasteiger partial charge in [-0.25, -0.2) is 4.79 Å². The lowest BCUT2D eigenvalue weighted by atomic mass is 10.2. The molecule has 4 aromatic carbocycles. The third-order valence-electron chi connectivity index (χ3n) is 6.46. The average molecular weight is 527 g/mol. The van der Waals surface area contributed by atoms with Crippen LogP contribution in [0.4, 0.5) is 0 Å². The Kier molecular flexibility index (Phi) is 8.79. The number of rotatable bonds is 10. The molecular formula is C32H34O5Si. The Balaban J connectivity index is 1.50. The van der Waals surface area contributed by atoms with Crippen LogP contribution in [0.5, 0.6) is 11.5 Å². The quantitative estimate of drug-likeness (QED) is 0.171. The van der Waals surface area contributed by atoms with E-state index in [1.807, 2.05) is 24.3 Å². The second kappa shape index (κ2) is 12.2. The average Bonchev–Trinajstić information content (AvgIpc) is 2.94. The molecule has 0 fully saturated rings. The first-order chi connectivity index (χ1) is 18.3. The molecule has 0 radical (unpaired) electrons. The largest absolute Gasteiger partial charge is 0.491 e. The van der Waals surface area contributed by atoms with Crippen molar-refractivity contribution in [1.29, 1.82) is 0 Å². The summed E-state index contributed by atoms with van der Waals surface area (Å²) in [4.78, 5) is 12.6. The Morgan fingerprint density at radius 3 is 1.76 bits per heavy atom. The van der Waals surface area contributed by atoms with E-state index in [4.69, 9.17) is 19.0 Å². The SMILES string of the molecule is CC(C)(C)[Si](OCc1ccc(OC(=O)c2ccc(OCCO)cc2)cc1)(c1ccccc1)c1ccccc1. The molecule has 4 aromatic rings. The fraction of sp³-hybridized carbons (Fsp3) is 0.219. The molecule has 0 aliphatic carbocycles. The van der Waals surface area contributed by atoms with Gasteiger partial charge in [-0.1, -0.05) is 93.6 Å². The maximum absolute atomic E-state index is 12.6. The number of carbonyl (C=O) groups excluding carboxylic acids is 1. The van der Waals surface area contributed by atoms with Crippen molar-refractivity contribution in [2.75, 3.05) is 13.2 Å². The Labute approximate surface area is 225 Å². The van der Waals surface area contributed by atoms with Crippen LogP contribution in [0.15, 0.2) is 109 Å². The Bertz CT molecular complexity index is 1260. The highest BCUT2D eigenvalue weighted by atomic mass is 28.4. The maximum atomic E-state index is 12.6. The number of carbonyl (C=O) groups is 1. The van der Waals surface area contributed by atoms with Crippen LogP contribution in [0.3, 0.4) is 0 Å². The van der Waals surface area contributed by atoms with Crippen LogP contribution in [-0.4, -0.2) is 32.6 Å². The number of aliphatic hydroxyl groups excluding tert-OH is 1. The predicted molar refractivity (Wildman–Crippen MR) is 153 cm³/mol. The Morgan fingerprint density at radius 1 is 0.737 bits per heavy atom. The van der Waals surface area contributed by atoms with Gasteiger partial charge in [-0.3, -0.25) is 0 Å². The van der Waals surface area contributed by atoms with Gasteiger partial charge in [0, 0.05) is 0 Å². The summed E-state index contributed by atoms with van der Waals surface area (Å²) in [5, 5.41) is 11.2. The number of esters is 1. The van der Waals surface area contributed by atoms with Crippen LogP contribution in [0, 0.1) is 0 Å². The van der Waals surface area contributed by atoms with Gasteiger partial charge >= 0.3 is 5.97 Å². The molecule has 0 atom stereocenters. The maximum Gasteiger partial charge on any atom is 0.343 e. The van der Waals surface area contributed by atoms with E-state index in [-0.39, 0.29) is 18.3 Å². The summed E-state index contributed by atoms with van der Waals surface area (Å²) in [5.74, 6) is 0.598. The van der Waals surface area contributed by atoms with Gasteiger partial charge in [-0.15, -0.1) is 0 Å². The highest BCUT2D eigenvalue weighted by molar-refractivity contribution is 6.99. The summed E-state index contributed by atoms with van der Waals surface area (Å²) in [6.07, 6.45) is 0. The summed E-state index contributed by atoms with van der Waals surface area (Å²) in [6.45, 7) is 7.35. The molecule has 0 bridgehead atoms. The number of aliphatic hydroxyl groups is 1. The van der Waals surface area contributed by atoms with Crippen molar-refractivity contribution in [3.63, 3.8) is 0 Å². The van der Waals surface area contributed by atoms with Crippen molar-refractivity contribution in [2.24, 2.45) is 0 Å². The topological polar surface area (TPSA) is 65.0 Å². The molecule has 4 rings (SSSR count). The van der Waals surface area contributed by atoms with Crippen molar-refractivity contribution in [3.8, 4) is 11.5 Å². The van der Waals surface area contributed by atoms with E-state index < -0.39 is 14.3 Å². The number of hydrogen-bond acceptors (Lipinski definition) is 5. The second-order valence-corrected chi connectivity index (χ2v) is 14.4. The highest BCUT2D eigenvalue weighted by Gasteiger charge is 2.50. The van der Waals surface area contributed by atoms with Gasteiger partial charge in [0.25, 0.3) is 8.32 Å². The van der Waals surface area contributed by atoms with Crippen molar-refractivity contribution < 1.29 is 23.8 Å². The van der Waals surface area contributed by atoms with E-state index in [2.05, 4.69) is 69.3 Å². The van der Waals surface area contributed by atoms with E-state index in [0.717, 1.165) is 5.56 Å². The van der Waals surface area contributed by atoms with Gasteiger partial charge in [0.2, 0.25) is 0 Å². The molecule has 0 heterocycles. The first-order valence-corrected chi connectivity index (χ1v) is 14.6. The third kappa shape index (κ3) is 6.22. The van der Waals surface area contributed by atoms with Gasteiger partial charge in [0.05, 0.1) is 18.8 Å². The zero-order chi connectivity index (χ0) is 27.0. The standard InChI is InChI=1S/C32H34O5Si/c1-32(2,3)38(29-10-6-4-7-11-29,30-12-8-5-9-13-30)36-24-25-14-18-28(19-15-25)37-31(34)26-16-20-27(21-17-26)35-23-22-33/h4-21,33H,22-24H2,1-3H3. The van der Waals surface area contributed by atoms with Crippen LogP contribution in [0.2, 0.25) is 5.04 Å². The minimum absolute atomic E-state index is 0.0667. The van der Waals surface area contributed by atoms with E-state index in [1.54, 1.807) is 36.4 Å². The minimum atomic E-state index is -2.64. The molecule has 6 heteroatoms. The molecule has 0 aliphatic rings. The summed E-state index contributed by atoms with van der Waals surface area (Å²) < 4.78 is 17.9. The molecule has 1 N–H and O–H groups in total. The third-order valence-corrected chi connectivity index (χ3v) is 11.4. The molecule has 0 amide bonds. The van der Waals surface area contributed by atoms with Crippen molar-refractivity contribution in [1.82, 2.24) is 0 Å². The van der Waals surface area contributed by atoms with E-state index in [0.29, 0.717) is 23.7 Å². The molecule has 0 aromatic heterocycles. The summed E-state index contributed by atoms with van der Waals surface area (Å²) in [6, 6.07) is 35.2. The Morgan fingerprint density at radius 2 is 1.26 bits per heavy atom. The first kappa shape index (κ1) is 27.3. The van der Waals surface area contributed by atoms with Crippen LogP contribution in [0.1, 0.15) is 36.7 Å². The molecule has 0 spiro atoms. The summed E-state index contributed by atoms with van der Waals surface area (Å²) in [7, 11) is -2.64. The van der Waals surface area contributed by atoms with Crippen molar-refractivity contribution in [2.45, 2.75) is 32.4 Å². The van der Waals surface area contributed by atoms with Gasteiger partial charge < -0.3 is 19.0 Å². The van der Waals surface area contributed by atoms with Gasteiger partial charge in [0.1, 0.15) is 18.1 Å². The minimum Gasteiger partial charge on any atom is -0.491 e. The summed E-state index contributed by atoms with van der Waals surface area (Å²) >= 11 is 0. The van der Waals surface area contributed by atoms with Gasteiger partial charge in [-0.2, -0.15) is 0 Å². The smallest absolute Gasteiger partial charge is 0.343 e. The fourth-order valence-corrected chi connectivity index (χ4v) is 9.16. The molecule has 0 saturated heterocycles. The fourth-order valence-electron chi connectivity index (χ4n) is 4.62. The van der Waals surface area contributed by atoms with Crippen LogP contribution in [-0.2, 0) is 11.0 Å². The van der Waals surface area contributed by atoms with E-state index >= 15 is 0 Å². The zero-order valence-corrected chi connectivity index (χ0v) is 23.1. The van der Waals surface area contributed by atoms with E-state index in [1.165, 1.54) is 10.4 Å². The number of benzene rings is 4. The number of ether oxygens (including phenoxy) is 2. The van der Waals surface area contributed by atoms with E-state index in [9.17, 15) is 4.79 Å². The molecule has 0 unspecified atom stereocenters. The lowest BCUT2D eigenvalue weighted by molar-refractivity contribution is 0.0734. The first-order valence-electron chi connectivity index (χ1n) is 12.7. The highest BCUT2D eigenvalue weighted by Crippen LogP contribution is 2.37. The second-order valence-electron chi connectivity index (χ2n) is 10.1. The monoisotopic (exact) mass is 526 g/mol. The van der Waals surface area contributed by atoms with Gasteiger partial charge in [-0.05, 0) is 57.4 Å². The van der Waals surface area contributed by atoms with Crippen molar-refractivity contribution >= 4 is 24.7 Å². The molecule has 196 valence electrons. The van der Waals surface area contributed by atoms with Crippen molar-refractivity contribution in [3.05, 3.63) is 120 Å². The molecule has 38 heavy (non-hydrogen) atoms. The normalized spacial score (nSPS) is 11.7. The van der Waals surface area contributed by atoms with Crippen LogP contribution in [0.25, 0.3) is 0 Å². The summed E-state index contributed by atoms with van der Waals surface area (Å²) in [5.41, 5.74) is 1.42. The van der Waals surface area contributed by atoms with Gasteiger partial charge in [0.15, 0.2) is 0 Å². The molecule has 5 nitrogen and oxygen atoms in total. The predicted octanol–water partition coefficient (Wildman–Crippen LogP) is 5.35. The number of hydrogen-bond donors (Lipinski definition) is 1. The molecule has 0 aliphatic heterocycles. The molecule has 0 saturated carbocycles. The Hall–Kier alpha value is -3.71. The van der Waals surface area contributed by atoms with Crippen LogP contribution < -0.4 is 19.8 Å². The van der Waals surface area contributed by atoms with Crippen LogP contribution >= 0.6 is 0 Å². The zero-order valence-electron chi connectivity index (χ0n) is 22.1.